The van der Waals surface area contributed by atoms with Gasteiger partial charge in [0.25, 0.3) is 5.91 Å². The van der Waals surface area contributed by atoms with Crippen molar-refractivity contribution in [1.82, 2.24) is 25.5 Å². The van der Waals surface area contributed by atoms with Crippen molar-refractivity contribution in [1.29, 1.82) is 0 Å². The molecule has 0 unspecified atom stereocenters. The molecule has 0 aliphatic heterocycles. The Morgan fingerprint density at radius 1 is 1.33 bits per heavy atom. The predicted octanol–water partition coefficient (Wildman–Crippen LogP) is 1.21. The summed E-state index contributed by atoms with van der Waals surface area (Å²) in [5, 5.41) is 13.8. The molecule has 2 aromatic rings. The summed E-state index contributed by atoms with van der Waals surface area (Å²) in [6, 6.07) is 7.09. The van der Waals surface area contributed by atoms with Crippen molar-refractivity contribution in [3.8, 4) is 5.69 Å². The zero-order valence-corrected chi connectivity index (χ0v) is 12.2. The van der Waals surface area contributed by atoms with E-state index in [-0.39, 0.29) is 12.0 Å². The van der Waals surface area contributed by atoms with Crippen LogP contribution in [0.1, 0.15) is 30.6 Å². The highest BCUT2D eigenvalue weighted by Crippen LogP contribution is 2.07. The van der Waals surface area contributed by atoms with Crippen LogP contribution in [0.5, 0.6) is 0 Å². The average molecular weight is 289 g/mol. The van der Waals surface area contributed by atoms with Gasteiger partial charge in [-0.3, -0.25) is 4.79 Å². The Kier molecular flexibility index (Phi) is 5.39. The molecule has 0 aliphatic rings. The Labute approximate surface area is 123 Å². The Morgan fingerprint density at radius 3 is 2.71 bits per heavy atom. The van der Waals surface area contributed by atoms with Gasteiger partial charge in [0.1, 0.15) is 6.33 Å². The zero-order chi connectivity index (χ0) is 15.1. The van der Waals surface area contributed by atoms with Crippen LogP contribution in [0.15, 0.2) is 30.6 Å². The number of benzene rings is 1. The van der Waals surface area contributed by atoms with Gasteiger partial charge in [-0.1, -0.05) is 0 Å². The van der Waals surface area contributed by atoms with Gasteiger partial charge in [-0.25, -0.2) is 4.68 Å². The predicted molar refractivity (Wildman–Crippen MR) is 77.2 cm³/mol. The van der Waals surface area contributed by atoms with Gasteiger partial charge in [0, 0.05) is 18.7 Å². The average Bonchev–Trinajstić information content (AvgIpc) is 3.01. The molecule has 1 N–H and O–H groups in total. The van der Waals surface area contributed by atoms with Gasteiger partial charge in [0.2, 0.25) is 0 Å². The van der Waals surface area contributed by atoms with Crippen molar-refractivity contribution < 1.29 is 9.53 Å². The number of carbonyl (C=O) groups is 1. The van der Waals surface area contributed by atoms with E-state index in [4.69, 9.17) is 4.74 Å². The van der Waals surface area contributed by atoms with Crippen LogP contribution in [-0.2, 0) is 4.74 Å². The van der Waals surface area contributed by atoms with Crippen LogP contribution < -0.4 is 5.32 Å². The lowest BCUT2D eigenvalue weighted by molar-refractivity contribution is 0.0757. The van der Waals surface area contributed by atoms with Gasteiger partial charge >= 0.3 is 0 Å². The van der Waals surface area contributed by atoms with Crippen LogP contribution in [0.25, 0.3) is 5.69 Å². The van der Waals surface area contributed by atoms with Gasteiger partial charge in [-0.05, 0) is 55.0 Å². The number of carbonyl (C=O) groups excluding carboxylic acids is 1. The molecule has 1 amide bonds. The molecule has 21 heavy (non-hydrogen) atoms. The van der Waals surface area contributed by atoms with Gasteiger partial charge in [-0.15, -0.1) is 5.10 Å². The Balaban J connectivity index is 1.80. The van der Waals surface area contributed by atoms with Crippen LogP contribution in [0.3, 0.4) is 0 Å². The second-order valence-corrected chi connectivity index (χ2v) is 4.83. The highest BCUT2D eigenvalue weighted by Gasteiger charge is 2.05. The monoisotopic (exact) mass is 289 g/mol. The van der Waals surface area contributed by atoms with Gasteiger partial charge in [0.05, 0.1) is 11.8 Å². The lowest BCUT2D eigenvalue weighted by Gasteiger charge is -2.08. The second-order valence-electron chi connectivity index (χ2n) is 4.83. The van der Waals surface area contributed by atoms with Gasteiger partial charge in [0.15, 0.2) is 0 Å². The van der Waals surface area contributed by atoms with Gasteiger partial charge in [-0.2, -0.15) is 0 Å². The van der Waals surface area contributed by atoms with E-state index < -0.39 is 0 Å². The van der Waals surface area contributed by atoms with Crippen LogP contribution in [-0.4, -0.2) is 45.4 Å². The molecule has 0 bridgehead atoms. The highest BCUT2D eigenvalue weighted by atomic mass is 16.5. The topological polar surface area (TPSA) is 81.9 Å². The van der Waals surface area contributed by atoms with Gasteiger partial charge < -0.3 is 10.1 Å². The third kappa shape index (κ3) is 4.64. The number of ether oxygens (including phenoxy) is 1. The molecular weight excluding hydrogens is 270 g/mol. The fraction of sp³-hybridized carbons (Fsp3) is 0.429. The lowest BCUT2D eigenvalue weighted by Crippen LogP contribution is -2.25. The normalized spacial score (nSPS) is 10.8. The molecule has 1 heterocycles. The van der Waals surface area contributed by atoms with Crippen molar-refractivity contribution >= 4 is 5.91 Å². The summed E-state index contributed by atoms with van der Waals surface area (Å²) in [5.74, 6) is -0.0946. The van der Waals surface area contributed by atoms with E-state index in [0.29, 0.717) is 18.7 Å². The van der Waals surface area contributed by atoms with Crippen LogP contribution >= 0.6 is 0 Å². The Morgan fingerprint density at radius 2 is 2.10 bits per heavy atom. The van der Waals surface area contributed by atoms with E-state index in [0.717, 1.165) is 12.1 Å². The summed E-state index contributed by atoms with van der Waals surface area (Å²) in [6.45, 7) is 5.23. The molecular formula is C14H19N5O2. The summed E-state index contributed by atoms with van der Waals surface area (Å²) in [7, 11) is 0. The molecule has 112 valence electrons. The summed E-state index contributed by atoms with van der Waals surface area (Å²) in [6.07, 6.45) is 2.52. The SMILES string of the molecule is CC(C)OCCCNC(=O)c1ccc(-n2cnnn2)cc1. The minimum Gasteiger partial charge on any atom is -0.379 e. The van der Waals surface area contributed by atoms with E-state index in [1.165, 1.54) is 11.0 Å². The van der Waals surface area contributed by atoms with E-state index in [2.05, 4.69) is 20.8 Å². The molecule has 7 nitrogen and oxygen atoms in total. The number of tetrazole rings is 1. The molecule has 0 fully saturated rings. The molecule has 1 aromatic heterocycles. The minimum atomic E-state index is -0.0946. The van der Waals surface area contributed by atoms with E-state index in [1.807, 2.05) is 13.8 Å². The maximum absolute atomic E-state index is 11.9. The smallest absolute Gasteiger partial charge is 0.251 e. The van der Waals surface area contributed by atoms with E-state index >= 15 is 0 Å². The number of hydrogen-bond acceptors (Lipinski definition) is 5. The Hall–Kier alpha value is -2.28. The molecule has 0 saturated carbocycles. The third-order valence-corrected chi connectivity index (χ3v) is 2.80. The first kappa shape index (κ1) is 15.1. The molecule has 0 radical (unpaired) electrons. The number of aromatic nitrogens is 4. The molecule has 0 atom stereocenters. The Bertz CT molecular complexity index is 551. The quantitative estimate of drug-likeness (QED) is 0.775. The van der Waals surface area contributed by atoms with Crippen LogP contribution in [0.4, 0.5) is 0 Å². The summed E-state index contributed by atoms with van der Waals surface area (Å²) in [5.41, 5.74) is 1.42. The zero-order valence-electron chi connectivity index (χ0n) is 12.2. The fourth-order valence-electron chi connectivity index (χ4n) is 1.74. The van der Waals surface area contributed by atoms with E-state index in [1.54, 1.807) is 24.3 Å². The minimum absolute atomic E-state index is 0.0946. The second kappa shape index (κ2) is 7.49. The molecule has 0 spiro atoms. The molecule has 7 heteroatoms. The molecule has 0 saturated heterocycles. The summed E-state index contributed by atoms with van der Waals surface area (Å²) < 4.78 is 6.95. The van der Waals surface area contributed by atoms with Crippen molar-refractivity contribution in [2.75, 3.05) is 13.2 Å². The number of nitrogens with one attached hydrogen (secondary N) is 1. The maximum atomic E-state index is 11.9. The van der Waals surface area contributed by atoms with Crippen LogP contribution in [0, 0.1) is 0 Å². The molecule has 0 aliphatic carbocycles. The number of nitrogens with zero attached hydrogens (tertiary/aromatic N) is 4. The van der Waals surface area contributed by atoms with Crippen molar-refractivity contribution in [2.45, 2.75) is 26.4 Å². The first-order chi connectivity index (χ1) is 10.2. The van der Waals surface area contributed by atoms with E-state index in [9.17, 15) is 4.79 Å². The van der Waals surface area contributed by atoms with Crippen LogP contribution in [0.2, 0.25) is 0 Å². The standard InChI is InChI=1S/C14H19N5O2/c1-11(2)21-9-3-8-15-14(20)12-4-6-13(7-5-12)19-10-16-17-18-19/h4-7,10-11H,3,8-9H2,1-2H3,(H,15,20). The number of hydrogen-bond donors (Lipinski definition) is 1. The first-order valence-corrected chi connectivity index (χ1v) is 6.90. The lowest BCUT2D eigenvalue weighted by atomic mass is 10.2. The summed E-state index contributed by atoms with van der Waals surface area (Å²) >= 11 is 0. The summed E-state index contributed by atoms with van der Waals surface area (Å²) in [4.78, 5) is 11.9. The number of rotatable bonds is 7. The number of amides is 1. The largest absolute Gasteiger partial charge is 0.379 e. The maximum Gasteiger partial charge on any atom is 0.251 e. The highest BCUT2D eigenvalue weighted by molar-refractivity contribution is 5.94. The molecule has 2 rings (SSSR count). The van der Waals surface area contributed by atoms with Crippen molar-refractivity contribution in [3.05, 3.63) is 36.2 Å². The van der Waals surface area contributed by atoms with Crippen molar-refractivity contribution in [3.63, 3.8) is 0 Å². The first-order valence-electron chi connectivity index (χ1n) is 6.90. The molecule has 1 aromatic carbocycles. The van der Waals surface area contributed by atoms with Crippen molar-refractivity contribution in [2.24, 2.45) is 0 Å². The fourth-order valence-corrected chi connectivity index (χ4v) is 1.74. The third-order valence-electron chi connectivity index (χ3n) is 2.80.